The van der Waals surface area contributed by atoms with Gasteiger partial charge in [-0.1, -0.05) is 78.3 Å². The summed E-state index contributed by atoms with van der Waals surface area (Å²) in [7, 11) is 0. The van der Waals surface area contributed by atoms with E-state index in [1.807, 2.05) is 36.4 Å². The maximum Gasteiger partial charge on any atom is 0.131 e. The minimum atomic E-state index is -0.0896. The summed E-state index contributed by atoms with van der Waals surface area (Å²) in [5, 5.41) is 7.96. The van der Waals surface area contributed by atoms with Crippen LogP contribution in [-0.2, 0) is 0 Å². The molecule has 2 aliphatic rings. The number of benzene rings is 2. The molecule has 1 heterocycles. The van der Waals surface area contributed by atoms with E-state index < -0.39 is 0 Å². The van der Waals surface area contributed by atoms with E-state index in [0.29, 0.717) is 0 Å². The largest absolute Gasteiger partial charge is 0.351 e. The van der Waals surface area contributed by atoms with Crippen molar-refractivity contribution in [3.63, 3.8) is 0 Å². The molecule has 0 bridgehead atoms. The number of nitrogens with one attached hydrogen (secondary N) is 2. The lowest BCUT2D eigenvalue weighted by Gasteiger charge is -2.34. The summed E-state index contributed by atoms with van der Waals surface area (Å²) in [6.07, 6.45) is 6.01. The van der Waals surface area contributed by atoms with E-state index in [4.69, 9.17) is 16.6 Å². The summed E-state index contributed by atoms with van der Waals surface area (Å²) in [5.74, 6) is 0.907. The lowest BCUT2D eigenvalue weighted by atomic mass is 10.00. The van der Waals surface area contributed by atoms with Gasteiger partial charge in [0.25, 0.3) is 0 Å². The van der Waals surface area contributed by atoms with E-state index in [2.05, 4.69) is 47.1 Å². The second kappa shape index (κ2) is 7.26. The van der Waals surface area contributed by atoms with Crippen LogP contribution in [-0.4, -0.2) is 12.0 Å². The lowest BCUT2D eigenvalue weighted by molar-refractivity contribution is 0.429. The Kier molecular flexibility index (Phi) is 4.68. The van der Waals surface area contributed by atoms with Crippen molar-refractivity contribution in [3.8, 4) is 0 Å². The van der Waals surface area contributed by atoms with Crippen LogP contribution in [0, 0.1) is 0 Å². The summed E-state index contributed by atoms with van der Waals surface area (Å²) in [6.45, 7) is 0. The molecular weight excluding hydrogens is 330 g/mol. The van der Waals surface area contributed by atoms with Crippen LogP contribution in [0.2, 0.25) is 0 Å². The maximum atomic E-state index is 6.24. The number of halogens is 1. The number of nitrogens with zero attached hydrogens (tertiary/aromatic N) is 1. The van der Waals surface area contributed by atoms with Gasteiger partial charge in [-0.3, -0.25) is 5.32 Å². The maximum absolute atomic E-state index is 6.24. The molecule has 4 rings (SSSR count). The van der Waals surface area contributed by atoms with Gasteiger partial charge in [-0.05, 0) is 30.1 Å². The fourth-order valence-electron chi connectivity index (χ4n) is 3.21. The van der Waals surface area contributed by atoms with Crippen molar-refractivity contribution in [2.24, 2.45) is 4.99 Å². The van der Waals surface area contributed by atoms with Crippen molar-refractivity contribution in [1.82, 2.24) is 10.6 Å². The third kappa shape index (κ3) is 3.68. The topological polar surface area (TPSA) is 36.4 Å². The van der Waals surface area contributed by atoms with Crippen LogP contribution in [0.4, 0.5) is 0 Å². The third-order valence-electron chi connectivity index (χ3n) is 4.49. The van der Waals surface area contributed by atoms with E-state index in [9.17, 15) is 0 Å². The molecule has 126 valence electrons. The first kappa shape index (κ1) is 16.1. The molecule has 1 aliphatic carbocycles. The molecule has 4 heteroatoms. The molecule has 0 fully saturated rings. The standard InChI is InChI=1S/C21H20ClN3/c22-18-13-7-12-17(14-18)21-24-19(15-8-3-1-4-9-15)23-20(25-21)16-10-5-2-6-11-16/h1-6,8-11,13-14,19,21,24H,7,12H2,(H,23,25). The van der Waals surface area contributed by atoms with Crippen LogP contribution >= 0.6 is 11.6 Å². The van der Waals surface area contributed by atoms with Gasteiger partial charge in [-0.25, -0.2) is 4.99 Å². The van der Waals surface area contributed by atoms with Gasteiger partial charge in [-0.15, -0.1) is 0 Å². The Balaban J connectivity index is 1.70. The van der Waals surface area contributed by atoms with Gasteiger partial charge >= 0.3 is 0 Å². The SMILES string of the molecule is ClC1=CCCC(C2NC(c3ccccc3)=NC(c3ccccc3)N2)=C1. The molecule has 0 saturated heterocycles. The van der Waals surface area contributed by atoms with Gasteiger partial charge in [-0.2, -0.15) is 0 Å². The zero-order chi connectivity index (χ0) is 17.1. The van der Waals surface area contributed by atoms with Gasteiger partial charge in [0.1, 0.15) is 18.2 Å². The Labute approximate surface area is 153 Å². The molecule has 2 N–H and O–H groups in total. The Hall–Kier alpha value is -2.36. The van der Waals surface area contributed by atoms with Crippen molar-refractivity contribution < 1.29 is 0 Å². The van der Waals surface area contributed by atoms with Crippen molar-refractivity contribution >= 4 is 17.4 Å². The Bertz CT molecular complexity index is 825. The molecule has 0 saturated carbocycles. The molecule has 25 heavy (non-hydrogen) atoms. The molecular formula is C21H20ClN3. The van der Waals surface area contributed by atoms with E-state index in [1.54, 1.807) is 0 Å². The average Bonchev–Trinajstić information content (AvgIpc) is 2.69. The van der Waals surface area contributed by atoms with Crippen LogP contribution in [0.1, 0.15) is 30.1 Å². The van der Waals surface area contributed by atoms with Gasteiger partial charge in [0, 0.05) is 10.6 Å². The predicted octanol–water partition coefficient (Wildman–Crippen LogP) is 4.49. The van der Waals surface area contributed by atoms with Gasteiger partial charge in [0.05, 0.1) is 0 Å². The number of hydrogen-bond donors (Lipinski definition) is 2. The van der Waals surface area contributed by atoms with Gasteiger partial charge in [0.15, 0.2) is 0 Å². The first-order chi connectivity index (χ1) is 12.3. The van der Waals surface area contributed by atoms with Crippen LogP contribution in [0.5, 0.6) is 0 Å². The zero-order valence-corrected chi connectivity index (χ0v) is 14.6. The second-order valence-electron chi connectivity index (χ2n) is 6.25. The summed E-state index contributed by atoms with van der Waals surface area (Å²) in [4.78, 5) is 4.91. The summed E-state index contributed by atoms with van der Waals surface area (Å²) < 4.78 is 0. The van der Waals surface area contributed by atoms with Crippen LogP contribution < -0.4 is 10.6 Å². The number of rotatable bonds is 3. The molecule has 0 aromatic heterocycles. The van der Waals surface area contributed by atoms with Crippen LogP contribution in [0.25, 0.3) is 0 Å². The quantitative estimate of drug-likeness (QED) is 0.856. The minimum absolute atomic E-state index is 0.0142. The van der Waals surface area contributed by atoms with Crippen LogP contribution in [0.3, 0.4) is 0 Å². The summed E-state index contributed by atoms with van der Waals surface area (Å²) in [5.41, 5.74) is 3.50. The molecule has 0 amide bonds. The highest BCUT2D eigenvalue weighted by Crippen LogP contribution is 2.26. The van der Waals surface area contributed by atoms with Crippen molar-refractivity contribution in [1.29, 1.82) is 0 Å². The first-order valence-electron chi connectivity index (χ1n) is 8.56. The molecule has 2 aromatic carbocycles. The normalized spacial score (nSPS) is 23.2. The fourth-order valence-corrected chi connectivity index (χ4v) is 3.46. The molecule has 3 nitrogen and oxygen atoms in total. The Morgan fingerprint density at radius 1 is 0.960 bits per heavy atom. The Morgan fingerprint density at radius 2 is 1.68 bits per heavy atom. The molecule has 2 aromatic rings. The Morgan fingerprint density at radius 3 is 2.40 bits per heavy atom. The lowest BCUT2D eigenvalue weighted by Crippen LogP contribution is -2.52. The smallest absolute Gasteiger partial charge is 0.131 e. The monoisotopic (exact) mass is 349 g/mol. The third-order valence-corrected chi connectivity index (χ3v) is 4.76. The summed E-state index contributed by atoms with van der Waals surface area (Å²) >= 11 is 6.24. The average molecular weight is 350 g/mol. The highest BCUT2D eigenvalue weighted by atomic mass is 35.5. The zero-order valence-electron chi connectivity index (χ0n) is 13.8. The van der Waals surface area contributed by atoms with Crippen molar-refractivity contribution in [2.45, 2.75) is 25.2 Å². The molecule has 2 unspecified atom stereocenters. The summed E-state index contributed by atoms with van der Waals surface area (Å²) in [6, 6.07) is 20.6. The molecule has 1 aliphatic heterocycles. The van der Waals surface area contributed by atoms with Crippen LogP contribution in [0.15, 0.2) is 88.4 Å². The first-order valence-corrected chi connectivity index (χ1v) is 8.94. The molecule has 2 atom stereocenters. The second-order valence-corrected chi connectivity index (χ2v) is 6.68. The highest BCUT2D eigenvalue weighted by Gasteiger charge is 2.26. The highest BCUT2D eigenvalue weighted by molar-refractivity contribution is 6.31. The van der Waals surface area contributed by atoms with Gasteiger partial charge in [0.2, 0.25) is 0 Å². The van der Waals surface area contributed by atoms with E-state index in [1.165, 1.54) is 5.57 Å². The van der Waals surface area contributed by atoms with Crippen molar-refractivity contribution in [2.75, 3.05) is 0 Å². The fraction of sp³-hybridized carbons (Fsp3) is 0.190. The van der Waals surface area contributed by atoms with Gasteiger partial charge < -0.3 is 5.32 Å². The number of allylic oxidation sites excluding steroid dienone is 3. The predicted molar refractivity (Wildman–Crippen MR) is 103 cm³/mol. The molecule has 0 radical (unpaired) electrons. The number of hydrogen-bond acceptors (Lipinski definition) is 3. The van der Waals surface area contributed by atoms with E-state index >= 15 is 0 Å². The van der Waals surface area contributed by atoms with E-state index in [-0.39, 0.29) is 12.3 Å². The van der Waals surface area contributed by atoms with E-state index in [0.717, 1.165) is 34.8 Å². The molecule has 0 spiro atoms. The number of amidine groups is 1. The number of aliphatic imine (C=N–C) groups is 1. The minimum Gasteiger partial charge on any atom is -0.351 e. The van der Waals surface area contributed by atoms with Crippen molar-refractivity contribution in [3.05, 3.63) is 94.5 Å².